The number of hydrogen-bond donors (Lipinski definition) is 1. The second-order valence-electron chi connectivity index (χ2n) is 1.03. The van der Waals surface area contributed by atoms with Crippen LogP contribution >= 0.6 is 0 Å². The van der Waals surface area contributed by atoms with Gasteiger partial charge in [-0.05, 0) is 0 Å². The van der Waals surface area contributed by atoms with Crippen LogP contribution < -0.4 is 5.32 Å². The molecular weight excluding hydrogens is 97.1 g/mol. The Kier molecular flexibility index (Phi) is 1.02. The molecule has 0 aromatic carbocycles. The molecule has 0 saturated carbocycles. The van der Waals surface area contributed by atoms with Crippen molar-refractivity contribution in [2.24, 2.45) is 9.98 Å². The number of nitrogens with zero attached hydrogens (tertiary/aromatic N) is 2. The Balaban J connectivity index is 2.49. The van der Waals surface area contributed by atoms with Gasteiger partial charge >= 0.3 is 0 Å². The van der Waals surface area contributed by atoms with Gasteiger partial charge in [0.1, 0.15) is 0 Å². The van der Waals surface area contributed by atoms with E-state index in [0.29, 0.717) is 0 Å². The van der Waals surface area contributed by atoms with Gasteiger partial charge in [0.15, 0.2) is 0 Å². The molecule has 1 aliphatic rings. The second kappa shape index (κ2) is 1.68. The van der Waals surface area contributed by atoms with Gasteiger partial charge in [-0.15, -0.1) is 0 Å². The lowest BCUT2D eigenvalue weighted by Crippen LogP contribution is -2.15. The standard InChI is InChI=1S/C3H4FN3/c4-3-6-1-5-2-7-3/h1-3H,(H,5,6,7). The molecule has 0 unspecified atom stereocenters. The van der Waals surface area contributed by atoms with Gasteiger partial charge in [-0.3, -0.25) is 0 Å². The fraction of sp³-hybridized carbons (Fsp3) is 0.333. The molecule has 0 aromatic rings. The topological polar surface area (TPSA) is 36.8 Å². The lowest BCUT2D eigenvalue weighted by Gasteiger charge is -1.98. The monoisotopic (exact) mass is 101 g/mol. The van der Waals surface area contributed by atoms with Crippen LogP contribution in [0.1, 0.15) is 0 Å². The first-order chi connectivity index (χ1) is 3.39. The van der Waals surface area contributed by atoms with Crippen LogP contribution in [0, 0.1) is 0 Å². The van der Waals surface area contributed by atoms with E-state index in [9.17, 15) is 4.39 Å². The Morgan fingerprint density at radius 3 is 2.29 bits per heavy atom. The molecule has 0 aliphatic carbocycles. The average Bonchev–Trinajstić information content (AvgIpc) is 1.69. The Morgan fingerprint density at radius 2 is 2.00 bits per heavy atom. The van der Waals surface area contributed by atoms with Gasteiger partial charge in [0.2, 0.25) is 0 Å². The van der Waals surface area contributed by atoms with E-state index in [0.717, 1.165) is 0 Å². The first-order valence-corrected chi connectivity index (χ1v) is 1.83. The molecule has 4 heteroatoms. The molecule has 0 saturated heterocycles. The van der Waals surface area contributed by atoms with Crippen LogP contribution in [-0.4, -0.2) is 19.1 Å². The molecule has 1 rings (SSSR count). The third-order valence-electron chi connectivity index (χ3n) is 0.544. The highest BCUT2D eigenvalue weighted by atomic mass is 19.1. The Hall–Kier alpha value is -0.930. The van der Waals surface area contributed by atoms with Crippen LogP contribution in [0.3, 0.4) is 0 Å². The molecule has 1 aliphatic heterocycles. The summed E-state index contributed by atoms with van der Waals surface area (Å²) in [6.07, 6.45) is 1.14. The SMILES string of the molecule is FC1N=CNC=N1. The highest BCUT2D eigenvalue weighted by Crippen LogP contribution is 1.92. The fourth-order valence-corrected chi connectivity index (χ4v) is 0.281. The van der Waals surface area contributed by atoms with Crippen molar-refractivity contribution < 1.29 is 4.39 Å². The minimum atomic E-state index is -1.39. The summed E-state index contributed by atoms with van der Waals surface area (Å²) in [4.78, 5) is 6.46. The molecule has 0 bridgehead atoms. The molecule has 0 spiro atoms. The zero-order valence-electron chi connectivity index (χ0n) is 3.50. The van der Waals surface area contributed by atoms with E-state index in [1.807, 2.05) is 0 Å². The van der Waals surface area contributed by atoms with Gasteiger partial charge in [-0.25, -0.2) is 9.98 Å². The van der Waals surface area contributed by atoms with Crippen LogP contribution in [0.15, 0.2) is 9.98 Å². The van der Waals surface area contributed by atoms with Gasteiger partial charge < -0.3 is 5.32 Å². The summed E-state index contributed by atoms with van der Waals surface area (Å²) in [5.74, 6) is 0. The minimum Gasteiger partial charge on any atom is -0.338 e. The van der Waals surface area contributed by atoms with Crippen molar-refractivity contribution in [3.63, 3.8) is 0 Å². The molecule has 0 atom stereocenters. The molecule has 0 fully saturated rings. The number of nitrogens with one attached hydrogen (secondary N) is 1. The third-order valence-corrected chi connectivity index (χ3v) is 0.544. The molecule has 38 valence electrons. The maximum absolute atomic E-state index is 11.7. The van der Waals surface area contributed by atoms with Crippen LogP contribution in [0.5, 0.6) is 0 Å². The maximum atomic E-state index is 11.7. The van der Waals surface area contributed by atoms with E-state index in [1.165, 1.54) is 12.7 Å². The normalized spacial score (nSPS) is 19.6. The highest BCUT2D eigenvalue weighted by Gasteiger charge is 1.96. The Morgan fingerprint density at radius 1 is 1.43 bits per heavy atom. The van der Waals surface area contributed by atoms with Gasteiger partial charge in [-0.2, -0.15) is 4.39 Å². The van der Waals surface area contributed by atoms with Crippen molar-refractivity contribution in [1.82, 2.24) is 5.32 Å². The number of halogens is 1. The van der Waals surface area contributed by atoms with Crippen molar-refractivity contribution in [2.75, 3.05) is 0 Å². The summed E-state index contributed by atoms with van der Waals surface area (Å²) in [6.45, 7) is 0. The quantitative estimate of drug-likeness (QED) is 0.425. The summed E-state index contributed by atoms with van der Waals surface area (Å²) in [5, 5.41) is 2.49. The first-order valence-electron chi connectivity index (χ1n) is 1.83. The zero-order chi connectivity index (χ0) is 5.11. The summed E-state index contributed by atoms with van der Waals surface area (Å²) in [5.41, 5.74) is 0. The molecule has 7 heavy (non-hydrogen) atoms. The van der Waals surface area contributed by atoms with Crippen molar-refractivity contribution in [3.05, 3.63) is 0 Å². The molecule has 0 aromatic heterocycles. The molecule has 0 amide bonds. The summed E-state index contributed by atoms with van der Waals surface area (Å²) in [7, 11) is 0. The largest absolute Gasteiger partial charge is 0.338 e. The molecule has 0 radical (unpaired) electrons. The number of hydrogen-bond acceptors (Lipinski definition) is 3. The van der Waals surface area contributed by atoms with Crippen LogP contribution in [-0.2, 0) is 0 Å². The minimum absolute atomic E-state index is 1.26. The average molecular weight is 101 g/mol. The number of alkyl halides is 1. The predicted molar refractivity (Wildman–Crippen MR) is 25.0 cm³/mol. The van der Waals surface area contributed by atoms with Crippen molar-refractivity contribution >= 4 is 12.7 Å². The van der Waals surface area contributed by atoms with Gasteiger partial charge in [-0.1, -0.05) is 0 Å². The first kappa shape index (κ1) is 4.23. The number of rotatable bonds is 0. The van der Waals surface area contributed by atoms with Crippen LogP contribution in [0.4, 0.5) is 4.39 Å². The molecule has 1 heterocycles. The zero-order valence-corrected chi connectivity index (χ0v) is 3.50. The van der Waals surface area contributed by atoms with Crippen molar-refractivity contribution in [2.45, 2.75) is 6.42 Å². The third kappa shape index (κ3) is 0.956. The van der Waals surface area contributed by atoms with Gasteiger partial charge in [0.25, 0.3) is 6.42 Å². The van der Waals surface area contributed by atoms with Gasteiger partial charge in [0, 0.05) is 0 Å². The number of aliphatic imine (C=N–C) groups is 2. The summed E-state index contributed by atoms with van der Waals surface area (Å²) >= 11 is 0. The summed E-state index contributed by atoms with van der Waals surface area (Å²) in [6, 6.07) is 0. The molecule has 1 N–H and O–H groups in total. The van der Waals surface area contributed by atoms with Crippen LogP contribution in [0.25, 0.3) is 0 Å². The Bertz CT molecular complexity index is 96.7. The van der Waals surface area contributed by atoms with E-state index in [2.05, 4.69) is 15.3 Å². The Labute approximate surface area is 40.0 Å². The van der Waals surface area contributed by atoms with Crippen LogP contribution in [0.2, 0.25) is 0 Å². The smallest absolute Gasteiger partial charge is 0.286 e. The lowest BCUT2D eigenvalue weighted by atomic mass is 10.9. The lowest BCUT2D eigenvalue weighted by molar-refractivity contribution is 0.360. The van der Waals surface area contributed by atoms with E-state index in [1.54, 1.807) is 0 Å². The molecule has 3 nitrogen and oxygen atoms in total. The second-order valence-corrected chi connectivity index (χ2v) is 1.03. The van der Waals surface area contributed by atoms with Gasteiger partial charge in [0.05, 0.1) is 12.7 Å². The van der Waals surface area contributed by atoms with E-state index >= 15 is 0 Å². The highest BCUT2D eigenvalue weighted by molar-refractivity contribution is 5.76. The van der Waals surface area contributed by atoms with E-state index in [4.69, 9.17) is 0 Å². The van der Waals surface area contributed by atoms with Crippen molar-refractivity contribution in [1.29, 1.82) is 0 Å². The van der Waals surface area contributed by atoms with Crippen molar-refractivity contribution in [3.8, 4) is 0 Å². The fourth-order valence-electron chi connectivity index (χ4n) is 0.281. The molecular formula is C3H4FN3. The maximum Gasteiger partial charge on any atom is 0.286 e. The van der Waals surface area contributed by atoms with E-state index in [-0.39, 0.29) is 0 Å². The summed E-state index contributed by atoms with van der Waals surface area (Å²) < 4.78 is 11.7. The predicted octanol–water partition coefficient (Wildman–Crippen LogP) is -0.101. The van der Waals surface area contributed by atoms with E-state index < -0.39 is 6.42 Å².